The molecule has 1 aliphatic heterocycles. The molecular weight excluding hydrogens is 257 g/mol. The van der Waals surface area contributed by atoms with Crippen molar-refractivity contribution in [3.05, 3.63) is 46.9 Å². The molecular formula is C15H16FN3O. The van der Waals surface area contributed by atoms with E-state index >= 15 is 0 Å². The topological polar surface area (TPSA) is 45.8 Å². The molecule has 0 fully saturated rings. The van der Waals surface area contributed by atoms with Crippen molar-refractivity contribution in [2.24, 2.45) is 10.9 Å². The quantitative estimate of drug-likeness (QED) is 0.804. The van der Waals surface area contributed by atoms with Crippen LogP contribution in [0.15, 0.2) is 40.4 Å². The van der Waals surface area contributed by atoms with Gasteiger partial charge in [-0.25, -0.2) is 11.0 Å². The third-order valence-corrected chi connectivity index (χ3v) is 3.14. The summed E-state index contributed by atoms with van der Waals surface area (Å²) in [7, 11) is 0. The summed E-state index contributed by atoms with van der Waals surface area (Å²) in [5.41, 5.74) is 0.352. The smallest absolute Gasteiger partial charge is 0.299 e. The van der Waals surface area contributed by atoms with Crippen molar-refractivity contribution in [3.8, 4) is 0 Å². The van der Waals surface area contributed by atoms with E-state index in [1.54, 1.807) is 19.9 Å². The van der Waals surface area contributed by atoms with Gasteiger partial charge in [-0.1, -0.05) is 6.92 Å². The third-order valence-electron chi connectivity index (χ3n) is 3.14. The van der Waals surface area contributed by atoms with Crippen molar-refractivity contribution in [2.45, 2.75) is 32.9 Å². The molecule has 1 heterocycles. The van der Waals surface area contributed by atoms with E-state index in [-0.39, 0.29) is 11.5 Å². The van der Waals surface area contributed by atoms with Gasteiger partial charge < -0.3 is 5.32 Å². The van der Waals surface area contributed by atoms with Crippen molar-refractivity contribution >= 4 is 11.5 Å². The van der Waals surface area contributed by atoms with Crippen LogP contribution in [-0.4, -0.2) is 17.2 Å². The van der Waals surface area contributed by atoms with Crippen LogP contribution in [0.2, 0.25) is 0 Å². The van der Waals surface area contributed by atoms with Crippen molar-refractivity contribution in [2.75, 3.05) is 0 Å². The van der Waals surface area contributed by atoms with Crippen LogP contribution in [0.5, 0.6) is 0 Å². The molecule has 2 aliphatic rings. The molecule has 0 spiro atoms. The molecule has 0 saturated heterocycles. The number of rotatable bonds is 3. The summed E-state index contributed by atoms with van der Waals surface area (Å²) in [4.78, 5) is 19.6. The average Bonchev–Trinajstić information content (AvgIpc) is 2.39. The summed E-state index contributed by atoms with van der Waals surface area (Å²) in [6.45, 7) is 12.3. The van der Waals surface area contributed by atoms with Crippen LogP contribution in [0, 0.1) is 12.5 Å². The molecule has 0 aromatic rings. The minimum atomic E-state index is -0.848. The number of nitrogens with zero attached hydrogens (tertiary/aromatic N) is 2. The Hall–Kier alpha value is -2.22. The lowest BCUT2D eigenvalue weighted by molar-refractivity contribution is -0.115. The Kier molecular flexibility index (Phi) is 3.58. The van der Waals surface area contributed by atoms with Crippen LogP contribution in [0.4, 0.5) is 4.39 Å². The second kappa shape index (κ2) is 5.04. The minimum Gasteiger partial charge on any atom is -0.315 e. The van der Waals surface area contributed by atoms with Crippen LogP contribution >= 0.6 is 0 Å². The highest BCUT2D eigenvalue weighted by molar-refractivity contribution is 6.19. The number of carbonyl (C=O) groups is 1. The van der Waals surface area contributed by atoms with Gasteiger partial charge in [0.1, 0.15) is 5.83 Å². The van der Waals surface area contributed by atoms with E-state index in [1.165, 1.54) is 12.2 Å². The SMILES string of the molecule is [C-]#[N+]C(C)(C)NC1=CC2C(=O)C=C(CC)N=C2C(F)=C1. The van der Waals surface area contributed by atoms with Crippen molar-refractivity contribution < 1.29 is 9.18 Å². The first-order chi connectivity index (χ1) is 9.36. The maximum absolute atomic E-state index is 14.1. The van der Waals surface area contributed by atoms with Crippen LogP contribution in [0.1, 0.15) is 27.2 Å². The van der Waals surface area contributed by atoms with E-state index in [0.717, 1.165) is 0 Å². The predicted molar refractivity (Wildman–Crippen MR) is 75.4 cm³/mol. The Balaban J connectivity index is 2.34. The molecule has 0 saturated carbocycles. The van der Waals surface area contributed by atoms with E-state index in [1.807, 2.05) is 6.92 Å². The Morgan fingerprint density at radius 2 is 2.20 bits per heavy atom. The zero-order valence-corrected chi connectivity index (χ0v) is 11.7. The van der Waals surface area contributed by atoms with Gasteiger partial charge in [0.25, 0.3) is 5.66 Å². The Labute approximate surface area is 117 Å². The molecule has 1 atom stereocenters. The van der Waals surface area contributed by atoms with E-state index < -0.39 is 17.4 Å². The predicted octanol–water partition coefficient (Wildman–Crippen LogP) is 2.92. The number of allylic oxidation sites excluding steroid dienone is 5. The number of ketones is 1. The minimum absolute atomic E-state index is 0.167. The molecule has 0 radical (unpaired) electrons. The number of hydrogen-bond donors (Lipinski definition) is 1. The van der Waals surface area contributed by atoms with Gasteiger partial charge in [0.05, 0.1) is 11.6 Å². The molecule has 0 amide bonds. The first-order valence-electron chi connectivity index (χ1n) is 6.45. The number of fused-ring (bicyclic) bond motifs is 1. The van der Waals surface area contributed by atoms with E-state index in [2.05, 4.69) is 15.2 Å². The number of halogens is 1. The first kappa shape index (κ1) is 14.2. The molecule has 1 unspecified atom stereocenters. The number of nitrogens with one attached hydrogen (secondary N) is 1. The highest BCUT2D eigenvalue weighted by Crippen LogP contribution is 2.28. The van der Waals surface area contributed by atoms with Crippen molar-refractivity contribution in [1.29, 1.82) is 0 Å². The summed E-state index contributed by atoms with van der Waals surface area (Å²) in [6, 6.07) is 0. The summed E-state index contributed by atoms with van der Waals surface area (Å²) in [5, 5.41) is 2.92. The van der Waals surface area contributed by atoms with Gasteiger partial charge in [-0.05, 0) is 18.6 Å². The number of aliphatic imine (C=N–C) groups is 1. The van der Waals surface area contributed by atoms with Crippen molar-refractivity contribution in [1.82, 2.24) is 5.32 Å². The molecule has 0 bridgehead atoms. The van der Waals surface area contributed by atoms with Gasteiger partial charge in [-0.3, -0.25) is 14.6 Å². The summed E-state index contributed by atoms with van der Waals surface area (Å²) >= 11 is 0. The van der Waals surface area contributed by atoms with Gasteiger partial charge in [0.2, 0.25) is 0 Å². The zero-order valence-electron chi connectivity index (χ0n) is 11.7. The van der Waals surface area contributed by atoms with Crippen LogP contribution < -0.4 is 5.32 Å². The Morgan fingerprint density at radius 1 is 1.50 bits per heavy atom. The van der Waals surface area contributed by atoms with E-state index in [9.17, 15) is 9.18 Å². The van der Waals surface area contributed by atoms with E-state index in [4.69, 9.17) is 6.57 Å². The fourth-order valence-electron chi connectivity index (χ4n) is 2.09. The standard InChI is InChI=1S/C15H16FN3O/c1-5-9-8-13(20)11-6-10(19-15(2,3)17-4)7-12(16)14(11)18-9/h6-8,11,19H,5H2,1-3H3. The molecule has 2 rings (SSSR count). The van der Waals surface area contributed by atoms with E-state index in [0.29, 0.717) is 17.8 Å². The lowest BCUT2D eigenvalue weighted by atomic mass is 9.88. The lowest BCUT2D eigenvalue weighted by Gasteiger charge is -2.24. The lowest BCUT2D eigenvalue weighted by Crippen LogP contribution is -2.37. The highest BCUT2D eigenvalue weighted by Gasteiger charge is 2.33. The third kappa shape index (κ3) is 2.69. The Bertz CT molecular complexity index is 618. The highest BCUT2D eigenvalue weighted by atomic mass is 19.1. The van der Waals surface area contributed by atoms with Crippen LogP contribution in [0.25, 0.3) is 4.85 Å². The zero-order chi connectivity index (χ0) is 14.9. The molecule has 4 nitrogen and oxygen atoms in total. The van der Waals surface area contributed by atoms with Gasteiger partial charge >= 0.3 is 0 Å². The monoisotopic (exact) mass is 273 g/mol. The summed E-state index contributed by atoms with van der Waals surface area (Å²) < 4.78 is 14.1. The van der Waals surface area contributed by atoms with Gasteiger partial charge in [-0.2, -0.15) is 0 Å². The Morgan fingerprint density at radius 3 is 2.80 bits per heavy atom. The largest absolute Gasteiger partial charge is 0.315 e. The van der Waals surface area contributed by atoms with Crippen LogP contribution in [0.3, 0.4) is 0 Å². The summed E-state index contributed by atoms with van der Waals surface area (Å²) in [5.74, 6) is -1.39. The van der Waals surface area contributed by atoms with Gasteiger partial charge in [0, 0.05) is 31.3 Å². The summed E-state index contributed by atoms with van der Waals surface area (Å²) in [6.07, 6.45) is 4.96. The molecule has 0 aromatic carbocycles. The molecule has 1 aliphatic carbocycles. The molecule has 20 heavy (non-hydrogen) atoms. The van der Waals surface area contributed by atoms with Crippen LogP contribution in [-0.2, 0) is 4.79 Å². The first-order valence-corrected chi connectivity index (χ1v) is 6.45. The average molecular weight is 273 g/mol. The molecule has 1 N–H and O–H groups in total. The van der Waals surface area contributed by atoms with Gasteiger partial charge in [-0.15, -0.1) is 0 Å². The fourth-order valence-corrected chi connectivity index (χ4v) is 2.09. The van der Waals surface area contributed by atoms with Crippen molar-refractivity contribution in [3.63, 3.8) is 0 Å². The molecule has 5 heteroatoms. The molecule has 104 valence electrons. The van der Waals surface area contributed by atoms with Gasteiger partial charge in [0.15, 0.2) is 5.78 Å². The fraction of sp³-hybridized carbons (Fsp3) is 0.400. The number of hydrogen-bond acceptors (Lipinski definition) is 3. The molecule has 0 aromatic heterocycles. The second-order valence-corrected chi connectivity index (χ2v) is 5.28. The maximum Gasteiger partial charge on any atom is 0.299 e. The maximum atomic E-state index is 14.1. The number of carbonyl (C=O) groups excluding carboxylic acids is 1. The second-order valence-electron chi connectivity index (χ2n) is 5.28. The normalized spacial score (nSPS) is 21.9.